The molecule has 2 rings (SSSR count). The number of nitrogens with one attached hydrogen (secondary N) is 1. The summed E-state index contributed by atoms with van der Waals surface area (Å²) in [7, 11) is 1.65. The number of benzene rings is 1. The van der Waals surface area contributed by atoms with Crippen molar-refractivity contribution in [1.29, 1.82) is 0 Å². The lowest BCUT2D eigenvalue weighted by Crippen LogP contribution is -2.08. The van der Waals surface area contributed by atoms with Gasteiger partial charge in [-0.15, -0.1) is 0 Å². The van der Waals surface area contributed by atoms with E-state index in [2.05, 4.69) is 31.2 Å². The molecule has 0 saturated heterocycles. The highest BCUT2D eigenvalue weighted by molar-refractivity contribution is 9.10. The van der Waals surface area contributed by atoms with E-state index < -0.39 is 0 Å². The summed E-state index contributed by atoms with van der Waals surface area (Å²) in [5.74, 6) is 1.51. The van der Waals surface area contributed by atoms with Crippen molar-refractivity contribution in [1.82, 2.24) is 9.97 Å². The van der Waals surface area contributed by atoms with Crippen molar-refractivity contribution < 1.29 is 4.74 Å². The van der Waals surface area contributed by atoms with E-state index in [0.29, 0.717) is 15.4 Å². The molecule has 100 valence electrons. The monoisotopic (exact) mass is 341 g/mol. The first-order chi connectivity index (χ1) is 9.11. The lowest BCUT2D eigenvalue weighted by molar-refractivity contribution is 0.414. The Hall–Kier alpha value is -1.33. The highest BCUT2D eigenvalue weighted by Crippen LogP contribution is 2.29. The number of halogens is 2. The average molecular weight is 343 g/mol. The Morgan fingerprint density at radius 2 is 1.95 bits per heavy atom. The van der Waals surface area contributed by atoms with E-state index in [-0.39, 0.29) is 6.04 Å². The van der Waals surface area contributed by atoms with Gasteiger partial charge in [-0.2, -0.15) is 0 Å². The van der Waals surface area contributed by atoms with Gasteiger partial charge in [-0.05, 0) is 40.5 Å². The van der Waals surface area contributed by atoms with Crippen LogP contribution < -0.4 is 10.1 Å². The van der Waals surface area contributed by atoms with E-state index in [0.717, 1.165) is 11.3 Å². The highest BCUT2D eigenvalue weighted by atomic mass is 79.9. The Bertz CT molecular complexity index is 562. The van der Waals surface area contributed by atoms with E-state index in [1.165, 1.54) is 6.33 Å². The maximum atomic E-state index is 5.93. The largest absolute Gasteiger partial charge is 0.497 e. The normalized spacial score (nSPS) is 12.0. The van der Waals surface area contributed by atoms with Crippen LogP contribution in [-0.4, -0.2) is 17.1 Å². The molecule has 0 amide bonds. The molecular formula is C13H13BrClN3O. The minimum absolute atomic E-state index is 0.0909. The SMILES string of the molecule is COc1ccc(C(C)Nc2ncnc(Cl)c2Br)cc1. The molecule has 6 heteroatoms. The molecule has 0 saturated carbocycles. The quantitative estimate of drug-likeness (QED) is 0.851. The van der Waals surface area contributed by atoms with E-state index in [1.54, 1.807) is 7.11 Å². The molecule has 1 aromatic heterocycles. The summed E-state index contributed by atoms with van der Waals surface area (Å²) in [5, 5.41) is 3.67. The summed E-state index contributed by atoms with van der Waals surface area (Å²) >= 11 is 9.29. The van der Waals surface area contributed by atoms with Crippen LogP contribution in [0.5, 0.6) is 5.75 Å². The van der Waals surface area contributed by atoms with E-state index in [4.69, 9.17) is 16.3 Å². The molecule has 1 aromatic carbocycles. The zero-order chi connectivity index (χ0) is 13.8. The summed E-state index contributed by atoms with van der Waals surface area (Å²) < 4.78 is 5.80. The highest BCUT2D eigenvalue weighted by Gasteiger charge is 2.11. The Kier molecular flexibility index (Phi) is 4.61. The Balaban J connectivity index is 2.15. The van der Waals surface area contributed by atoms with Crippen molar-refractivity contribution in [3.05, 3.63) is 45.8 Å². The maximum absolute atomic E-state index is 5.93. The van der Waals surface area contributed by atoms with Gasteiger partial charge < -0.3 is 10.1 Å². The second-order valence-electron chi connectivity index (χ2n) is 3.97. The van der Waals surface area contributed by atoms with E-state index in [9.17, 15) is 0 Å². The number of hydrogen-bond acceptors (Lipinski definition) is 4. The van der Waals surface area contributed by atoms with Crippen molar-refractivity contribution in [2.45, 2.75) is 13.0 Å². The van der Waals surface area contributed by atoms with Crippen molar-refractivity contribution in [3.8, 4) is 5.75 Å². The summed E-state index contributed by atoms with van der Waals surface area (Å²) in [4.78, 5) is 8.05. The fourth-order valence-corrected chi connectivity index (χ4v) is 2.08. The fourth-order valence-electron chi connectivity index (χ4n) is 1.63. The summed E-state index contributed by atoms with van der Waals surface area (Å²) in [5.41, 5.74) is 1.13. The zero-order valence-corrected chi connectivity index (χ0v) is 12.9. The van der Waals surface area contributed by atoms with E-state index >= 15 is 0 Å². The number of hydrogen-bond donors (Lipinski definition) is 1. The van der Waals surface area contributed by atoms with Gasteiger partial charge in [0.25, 0.3) is 0 Å². The molecule has 0 bridgehead atoms. The van der Waals surface area contributed by atoms with Gasteiger partial charge in [0.1, 0.15) is 23.0 Å². The lowest BCUT2D eigenvalue weighted by atomic mass is 10.1. The summed E-state index contributed by atoms with van der Waals surface area (Å²) in [6, 6.07) is 7.96. The van der Waals surface area contributed by atoms with Gasteiger partial charge in [0.15, 0.2) is 0 Å². The van der Waals surface area contributed by atoms with Gasteiger partial charge in [-0.1, -0.05) is 23.7 Å². The number of anilines is 1. The van der Waals surface area contributed by atoms with E-state index in [1.807, 2.05) is 31.2 Å². The standard InChI is InChI=1S/C13H13BrClN3O/c1-8(9-3-5-10(19-2)6-4-9)18-13-11(14)12(15)16-7-17-13/h3-8H,1-2H3,(H,16,17,18). The smallest absolute Gasteiger partial charge is 0.148 e. The van der Waals surface area contributed by atoms with Gasteiger partial charge in [0, 0.05) is 6.04 Å². The minimum Gasteiger partial charge on any atom is -0.497 e. The first-order valence-corrected chi connectivity index (χ1v) is 6.85. The average Bonchev–Trinajstić information content (AvgIpc) is 2.44. The predicted molar refractivity (Wildman–Crippen MR) is 79.8 cm³/mol. The van der Waals surface area contributed by atoms with Crippen LogP contribution in [0, 0.1) is 0 Å². The van der Waals surface area contributed by atoms with Crippen molar-refractivity contribution in [2.75, 3.05) is 12.4 Å². The third kappa shape index (κ3) is 3.36. The van der Waals surface area contributed by atoms with Crippen LogP contribution in [0.1, 0.15) is 18.5 Å². The van der Waals surface area contributed by atoms with Crippen LogP contribution in [0.3, 0.4) is 0 Å². The second kappa shape index (κ2) is 6.21. The van der Waals surface area contributed by atoms with Gasteiger partial charge in [-0.25, -0.2) is 9.97 Å². The molecule has 1 unspecified atom stereocenters. The minimum atomic E-state index is 0.0909. The topological polar surface area (TPSA) is 47.0 Å². The van der Waals surface area contributed by atoms with Crippen LogP contribution in [0.25, 0.3) is 0 Å². The maximum Gasteiger partial charge on any atom is 0.148 e. The number of methoxy groups -OCH3 is 1. The third-order valence-corrected chi connectivity index (χ3v) is 3.98. The van der Waals surface area contributed by atoms with Crippen molar-refractivity contribution >= 4 is 33.3 Å². The third-order valence-electron chi connectivity index (χ3n) is 2.72. The predicted octanol–water partition coefficient (Wildman–Crippen LogP) is 4.07. The van der Waals surface area contributed by atoms with Gasteiger partial charge >= 0.3 is 0 Å². The zero-order valence-electron chi connectivity index (χ0n) is 10.5. The van der Waals surface area contributed by atoms with Crippen LogP contribution >= 0.6 is 27.5 Å². The molecule has 0 radical (unpaired) electrons. The summed E-state index contributed by atoms with van der Waals surface area (Å²) in [6.07, 6.45) is 1.43. The molecule has 1 heterocycles. The Morgan fingerprint density at radius 1 is 1.26 bits per heavy atom. The number of ether oxygens (including phenoxy) is 1. The molecule has 0 spiro atoms. The Morgan fingerprint density at radius 3 is 2.58 bits per heavy atom. The van der Waals surface area contributed by atoms with Gasteiger partial charge in [0.05, 0.1) is 11.6 Å². The molecule has 2 aromatic rings. The molecule has 4 nitrogen and oxygen atoms in total. The molecule has 0 aliphatic rings. The molecular weight excluding hydrogens is 330 g/mol. The first-order valence-electron chi connectivity index (χ1n) is 5.68. The molecule has 19 heavy (non-hydrogen) atoms. The molecule has 1 N–H and O–H groups in total. The number of nitrogens with zero attached hydrogens (tertiary/aromatic N) is 2. The molecule has 0 aliphatic heterocycles. The van der Waals surface area contributed by atoms with Crippen LogP contribution in [0.4, 0.5) is 5.82 Å². The van der Waals surface area contributed by atoms with Gasteiger partial charge in [0.2, 0.25) is 0 Å². The van der Waals surface area contributed by atoms with Crippen LogP contribution in [-0.2, 0) is 0 Å². The fraction of sp³-hybridized carbons (Fsp3) is 0.231. The molecule has 0 fully saturated rings. The van der Waals surface area contributed by atoms with Crippen molar-refractivity contribution in [3.63, 3.8) is 0 Å². The number of rotatable bonds is 4. The lowest BCUT2D eigenvalue weighted by Gasteiger charge is -2.16. The van der Waals surface area contributed by atoms with Gasteiger partial charge in [-0.3, -0.25) is 0 Å². The molecule has 0 aliphatic carbocycles. The number of aromatic nitrogens is 2. The van der Waals surface area contributed by atoms with Crippen molar-refractivity contribution in [2.24, 2.45) is 0 Å². The van der Waals surface area contributed by atoms with Crippen LogP contribution in [0.15, 0.2) is 35.1 Å². The molecule has 1 atom stereocenters. The second-order valence-corrected chi connectivity index (χ2v) is 5.12. The Labute approximate surface area is 125 Å². The first kappa shape index (κ1) is 14.1. The van der Waals surface area contributed by atoms with Crippen LogP contribution in [0.2, 0.25) is 5.15 Å². The summed E-state index contributed by atoms with van der Waals surface area (Å²) in [6.45, 7) is 2.05.